The fraction of sp³-hybridized carbons (Fsp3) is 0.500. The Labute approximate surface area is 54.7 Å². The molecular formula is C2H6GaOW-. The fourth-order valence-corrected chi connectivity index (χ4v) is 0. The van der Waals surface area contributed by atoms with Gasteiger partial charge in [0.2, 0.25) is 0 Å². The van der Waals surface area contributed by atoms with Crippen molar-refractivity contribution in [1.82, 2.24) is 0 Å². The maximum absolute atomic E-state index is 8.33. The van der Waals surface area contributed by atoms with Crippen LogP contribution >= 0.6 is 0 Å². The van der Waals surface area contributed by atoms with Gasteiger partial charge in [-0.2, -0.15) is 0 Å². The second-order valence-corrected chi connectivity index (χ2v) is 0. The summed E-state index contributed by atoms with van der Waals surface area (Å²) in [4.78, 5) is 0. The van der Waals surface area contributed by atoms with Crippen molar-refractivity contribution in [2.45, 2.75) is 5.48 Å². The third-order valence-corrected chi connectivity index (χ3v) is 0. The normalized spacial score (nSPS) is 1.80. The van der Waals surface area contributed by atoms with Crippen LogP contribution in [0.4, 0.5) is 0 Å². The van der Waals surface area contributed by atoms with E-state index in [0.717, 1.165) is 0 Å². The van der Waals surface area contributed by atoms with Crippen molar-refractivity contribution in [3.05, 3.63) is 7.43 Å². The molecule has 0 unspecified atom stereocenters. The molecule has 0 aromatic carbocycles. The van der Waals surface area contributed by atoms with Gasteiger partial charge in [-0.15, -0.1) is 0 Å². The third kappa shape index (κ3) is 39.6. The number of hydrogen-bond acceptors (Lipinski definition) is 1. The Morgan fingerprint density at radius 3 is 1.40 bits per heavy atom. The molecule has 0 N–H and O–H groups in total. The molecule has 0 aromatic rings. The van der Waals surface area contributed by atoms with Crippen LogP contribution in [0.2, 0.25) is 5.48 Å². The molecule has 2 radical (unpaired) electrons. The van der Waals surface area contributed by atoms with Crippen molar-refractivity contribution in [2.24, 2.45) is 0 Å². The van der Waals surface area contributed by atoms with Crippen LogP contribution < -0.4 is 0 Å². The summed E-state index contributed by atoms with van der Waals surface area (Å²) in [7, 11) is 0. The predicted molar refractivity (Wildman–Crippen MR) is 18.7 cm³/mol. The molecule has 0 aliphatic rings. The number of hydrogen-bond donors (Lipinski definition) is 0. The van der Waals surface area contributed by atoms with Gasteiger partial charge in [0.25, 0.3) is 0 Å². The van der Waals surface area contributed by atoms with E-state index in [1.807, 2.05) is 0 Å². The van der Waals surface area contributed by atoms with Crippen molar-refractivity contribution in [2.75, 3.05) is 0 Å². The Kier molecular flexibility index (Phi) is 227. The molecule has 0 atom stereocenters. The molecule has 0 fully saturated rings. The van der Waals surface area contributed by atoms with Gasteiger partial charge in [0.15, 0.2) is 0 Å². The Balaban J connectivity index is -0.0000000133. The maximum atomic E-state index is 8.33. The van der Waals surface area contributed by atoms with Crippen LogP contribution in [-0.2, 0) is 23.2 Å². The van der Waals surface area contributed by atoms with Crippen LogP contribution in [0, 0.1) is 7.43 Å². The summed E-state index contributed by atoms with van der Waals surface area (Å²) >= 11 is 2.02. The van der Waals surface area contributed by atoms with Crippen molar-refractivity contribution in [3.63, 3.8) is 0 Å². The molecule has 0 aliphatic carbocycles. The molecular weight excluding hydrogens is 294 g/mol. The molecule has 0 rings (SSSR count). The van der Waals surface area contributed by atoms with Gasteiger partial charge in [-0.1, -0.05) is 0 Å². The topological polar surface area (TPSA) is 17.1 Å². The molecule has 30 valence electrons. The van der Waals surface area contributed by atoms with Crippen LogP contribution in [-0.4, -0.2) is 18.6 Å². The predicted octanol–water partition coefficient (Wildman–Crippen LogP) is 0.532. The zero-order chi connectivity index (χ0) is 4.00. The van der Waals surface area contributed by atoms with E-state index in [-0.39, 0.29) is 7.43 Å². The van der Waals surface area contributed by atoms with Gasteiger partial charge in [-0.25, -0.2) is 0 Å². The third-order valence-electron chi connectivity index (χ3n) is 0. The molecule has 3 heteroatoms. The molecule has 0 aliphatic heterocycles. The van der Waals surface area contributed by atoms with Crippen molar-refractivity contribution in [3.8, 4) is 0 Å². The quantitative estimate of drug-likeness (QED) is 0.471. The van der Waals surface area contributed by atoms with E-state index in [0.29, 0.717) is 19.8 Å². The Hall–Kier alpha value is 1.12. The first-order valence-electron chi connectivity index (χ1n) is 0.744. The summed E-state index contributed by atoms with van der Waals surface area (Å²) in [5.74, 6) is 0. The van der Waals surface area contributed by atoms with Gasteiger partial charge in [0.05, 0.1) is 0 Å². The average molecular weight is 300 g/mol. The zero-order valence-corrected chi connectivity index (χ0v) is 8.75. The SMILES string of the molecule is [CH3-].[CH3][Ga].[O]=[W]. The van der Waals surface area contributed by atoms with Gasteiger partial charge < -0.3 is 7.43 Å². The Bertz CT molecular complexity index is 9.61. The first-order valence-corrected chi connectivity index (χ1v) is 4.36. The average Bonchev–Trinajstić information content (AvgIpc) is 1.50. The van der Waals surface area contributed by atoms with E-state index < -0.39 is 0 Å². The van der Waals surface area contributed by atoms with E-state index >= 15 is 0 Å². The minimum atomic E-state index is 0. The van der Waals surface area contributed by atoms with E-state index in [1.165, 1.54) is 0 Å². The molecule has 0 saturated carbocycles. The van der Waals surface area contributed by atoms with Crippen LogP contribution in [0.5, 0.6) is 0 Å². The van der Waals surface area contributed by atoms with Gasteiger partial charge >= 0.3 is 47.3 Å². The van der Waals surface area contributed by atoms with Gasteiger partial charge in [-0.3, -0.25) is 0 Å². The summed E-state index contributed by atoms with van der Waals surface area (Å²) < 4.78 is 8.33. The van der Waals surface area contributed by atoms with Gasteiger partial charge in [0, 0.05) is 0 Å². The van der Waals surface area contributed by atoms with E-state index in [2.05, 4.69) is 5.48 Å². The second-order valence-electron chi connectivity index (χ2n) is 0. The molecule has 0 spiro atoms. The molecule has 1 nitrogen and oxygen atoms in total. The summed E-state index contributed by atoms with van der Waals surface area (Å²) in [5, 5.41) is 0. The van der Waals surface area contributed by atoms with Crippen LogP contribution in [0.1, 0.15) is 0 Å². The summed E-state index contributed by atoms with van der Waals surface area (Å²) in [5.41, 5.74) is 2.06. The standard InChI is InChI=1S/2CH3.Ga.O.W/h2*1H3;;;/q;-1;;;. The van der Waals surface area contributed by atoms with E-state index in [1.54, 1.807) is 18.6 Å². The van der Waals surface area contributed by atoms with Crippen molar-refractivity contribution in [1.29, 1.82) is 0 Å². The number of rotatable bonds is 0. The molecule has 0 saturated heterocycles. The first-order chi connectivity index (χ1) is 2.00. The van der Waals surface area contributed by atoms with Crippen molar-refractivity contribution >= 4 is 18.6 Å². The molecule has 5 heavy (non-hydrogen) atoms. The minimum absolute atomic E-state index is 0. The fourth-order valence-electron chi connectivity index (χ4n) is 0. The van der Waals surface area contributed by atoms with Gasteiger partial charge in [-0.05, 0) is 0 Å². The molecule has 0 bridgehead atoms. The first kappa shape index (κ1) is 16.5. The summed E-state index contributed by atoms with van der Waals surface area (Å²) in [6.45, 7) is 0. The van der Waals surface area contributed by atoms with Crippen LogP contribution in [0.3, 0.4) is 0 Å². The Morgan fingerprint density at radius 1 is 1.40 bits per heavy atom. The monoisotopic (exact) mass is 299 g/mol. The van der Waals surface area contributed by atoms with Gasteiger partial charge in [0.1, 0.15) is 0 Å². The van der Waals surface area contributed by atoms with Crippen molar-refractivity contribution < 1.29 is 23.2 Å². The van der Waals surface area contributed by atoms with E-state index in [4.69, 9.17) is 3.40 Å². The molecule has 0 heterocycles. The molecule has 0 amide bonds. The summed E-state index contributed by atoms with van der Waals surface area (Å²) in [6.07, 6.45) is 0. The second kappa shape index (κ2) is 68.9. The summed E-state index contributed by atoms with van der Waals surface area (Å²) in [6, 6.07) is 0. The molecule has 0 aromatic heterocycles. The Morgan fingerprint density at radius 2 is 1.40 bits per heavy atom. The zero-order valence-electron chi connectivity index (χ0n) is 3.39. The van der Waals surface area contributed by atoms with Crippen LogP contribution in [0.25, 0.3) is 0 Å². The van der Waals surface area contributed by atoms with Crippen LogP contribution in [0.15, 0.2) is 0 Å². The van der Waals surface area contributed by atoms with E-state index in [9.17, 15) is 0 Å².